The number of rotatable bonds is 5. The van der Waals surface area contributed by atoms with Crippen LogP contribution in [0.5, 0.6) is 0 Å². The van der Waals surface area contributed by atoms with Crippen molar-refractivity contribution in [2.75, 3.05) is 18.5 Å². The summed E-state index contributed by atoms with van der Waals surface area (Å²) in [6, 6.07) is 5.62. The van der Waals surface area contributed by atoms with Crippen molar-refractivity contribution in [1.82, 2.24) is 20.1 Å². The minimum absolute atomic E-state index is 0.00799. The molecule has 194 valence electrons. The smallest absolute Gasteiger partial charge is 0.264 e. The Morgan fingerprint density at radius 2 is 2.00 bits per heavy atom. The lowest BCUT2D eigenvalue weighted by atomic mass is 9.68. The first-order valence-corrected chi connectivity index (χ1v) is 13.1. The van der Waals surface area contributed by atoms with Crippen LogP contribution in [0.2, 0.25) is 0 Å². The summed E-state index contributed by atoms with van der Waals surface area (Å²) in [6.07, 6.45) is 7.21. The molecule has 8 heteroatoms. The van der Waals surface area contributed by atoms with Crippen LogP contribution in [0, 0.1) is 12.8 Å². The maximum atomic E-state index is 14.3. The first-order valence-electron chi connectivity index (χ1n) is 13.1. The van der Waals surface area contributed by atoms with Gasteiger partial charge in [-0.3, -0.25) is 10.00 Å². The molecule has 0 radical (unpaired) electrons. The molecule has 6 rings (SSSR count). The number of nitrogens with one attached hydrogen (secondary N) is 1. The Labute approximate surface area is 216 Å². The van der Waals surface area contributed by atoms with E-state index in [0.29, 0.717) is 29.5 Å². The van der Waals surface area contributed by atoms with Crippen LogP contribution in [0.1, 0.15) is 66.0 Å². The normalized spacial score (nSPS) is 21.5. The Kier molecular flexibility index (Phi) is 6.12. The summed E-state index contributed by atoms with van der Waals surface area (Å²) in [6.45, 7) is 2.75. The molecule has 2 aliphatic carbocycles. The van der Waals surface area contributed by atoms with Gasteiger partial charge in [-0.05, 0) is 104 Å². The molecule has 3 atom stereocenters. The molecular weight excluding hydrogens is 472 g/mol. The highest BCUT2D eigenvalue weighted by atomic mass is 19.3. The van der Waals surface area contributed by atoms with Crippen molar-refractivity contribution < 1.29 is 13.9 Å². The molecule has 0 amide bonds. The number of aliphatic hydroxyl groups excluding tert-OH is 1. The first kappa shape index (κ1) is 24.2. The van der Waals surface area contributed by atoms with Gasteiger partial charge in [0.1, 0.15) is 12.0 Å². The van der Waals surface area contributed by atoms with Gasteiger partial charge in [-0.25, -0.2) is 13.8 Å². The van der Waals surface area contributed by atoms with Gasteiger partial charge in [0, 0.05) is 42.3 Å². The Morgan fingerprint density at radius 1 is 1.16 bits per heavy atom. The lowest BCUT2D eigenvalue weighted by molar-refractivity contribution is 0.152. The summed E-state index contributed by atoms with van der Waals surface area (Å²) >= 11 is 0. The molecule has 3 aliphatic rings. The minimum Gasteiger partial charge on any atom is -0.374 e. The predicted molar refractivity (Wildman–Crippen MR) is 141 cm³/mol. The van der Waals surface area contributed by atoms with Crippen LogP contribution < -0.4 is 10.2 Å². The monoisotopic (exact) mass is 505 g/mol. The number of nitrogens with zero attached hydrogens (tertiary/aromatic N) is 4. The first-order chi connectivity index (χ1) is 17.9. The van der Waals surface area contributed by atoms with Crippen molar-refractivity contribution in [3.8, 4) is 11.1 Å². The second-order valence-corrected chi connectivity index (χ2v) is 10.6. The van der Waals surface area contributed by atoms with E-state index in [1.807, 2.05) is 13.0 Å². The number of allylic oxidation sites excluding steroid dienone is 1. The Bertz CT molecular complexity index is 1380. The van der Waals surface area contributed by atoms with E-state index in [4.69, 9.17) is 4.98 Å². The molecule has 2 aromatic heterocycles. The lowest BCUT2D eigenvalue weighted by Crippen LogP contribution is -2.29. The lowest BCUT2D eigenvalue weighted by Gasteiger charge is -2.38. The van der Waals surface area contributed by atoms with Gasteiger partial charge < -0.3 is 10.0 Å². The quantitative estimate of drug-likeness (QED) is 0.440. The van der Waals surface area contributed by atoms with Gasteiger partial charge in [-0.15, -0.1) is 0 Å². The summed E-state index contributed by atoms with van der Waals surface area (Å²) < 4.78 is 30.3. The average molecular weight is 506 g/mol. The number of hydrogen-bond acceptors (Lipinski definition) is 5. The second-order valence-electron chi connectivity index (χ2n) is 10.6. The second kappa shape index (κ2) is 9.33. The number of anilines is 2. The number of aromatic nitrogens is 3. The molecular formula is C29H33F2N5O. The standard InChI is InChI=1S/C29H33F2N5O/c1-16-27-20-8-6-17(20)7-9-21(29(37)32-2)23(27)13-26(34-16)36-10-4-5-18-11-22(19-14-33-35(3)15-19)24(28(30)31)12-25(18)36/h9,11-15,17,20,28-29,32,37H,4-8,10H2,1-3H3. The Balaban J connectivity index is 1.48. The van der Waals surface area contributed by atoms with Crippen LogP contribution in [-0.2, 0) is 13.5 Å². The molecule has 1 fully saturated rings. The minimum atomic E-state index is -2.61. The average Bonchev–Trinajstić information content (AvgIpc) is 3.27. The summed E-state index contributed by atoms with van der Waals surface area (Å²) in [5.74, 6) is 1.79. The van der Waals surface area contributed by atoms with E-state index in [1.165, 1.54) is 12.0 Å². The fourth-order valence-corrected chi connectivity index (χ4v) is 6.42. The van der Waals surface area contributed by atoms with Crippen LogP contribution in [0.4, 0.5) is 20.3 Å². The third kappa shape index (κ3) is 4.07. The number of likely N-dealkylation sites (N-methyl/N-ethyl adjacent to an activating group) is 1. The van der Waals surface area contributed by atoms with Crippen molar-refractivity contribution >= 4 is 17.1 Å². The predicted octanol–water partition coefficient (Wildman–Crippen LogP) is 5.63. The van der Waals surface area contributed by atoms with Crippen molar-refractivity contribution in [2.45, 2.75) is 57.6 Å². The van der Waals surface area contributed by atoms with Gasteiger partial charge in [0.05, 0.1) is 6.20 Å². The Hall–Kier alpha value is -3.10. The number of hydrogen-bond donors (Lipinski definition) is 2. The molecule has 3 aromatic rings. The van der Waals surface area contributed by atoms with Crippen molar-refractivity contribution in [1.29, 1.82) is 0 Å². The van der Waals surface area contributed by atoms with E-state index >= 15 is 0 Å². The number of aliphatic hydroxyl groups is 1. The topological polar surface area (TPSA) is 66.2 Å². The van der Waals surface area contributed by atoms with E-state index in [1.54, 1.807) is 37.2 Å². The highest BCUT2D eigenvalue weighted by molar-refractivity contribution is 5.79. The molecule has 6 nitrogen and oxygen atoms in total. The van der Waals surface area contributed by atoms with E-state index < -0.39 is 12.7 Å². The van der Waals surface area contributed by atoms with Crippen LogP contribution >= 0.6 is 0 Å². The zero-order chi connectivity index (χ0) is 25.8. The van der Waals surface area contributed by atoms with E-state index in [0.717, 1.165) is 59.6 Å². The number of alkyl halides is 2. The molecule has 37 heavy (non-hydrogen) atoms. The zero-order valence-electron chi connectivity index (χ0n) is 21.5. The van der Waals surface area contributed by atoms with Crippen molar-refractivity contribution in [3.05, 3.63) is 64.6 Å². The van der Waals surface area contributed by atoms with Crippen LogP contribution in [0.15, 0.2) is 36.7 Å². The molecule has 3 unspecified atom stereocenters. The van der Waals surface area contributed by atoms with E-state index in [-0.39, 0.29) is 5.56 Å². The van der Waals surface area contributed by atoms with Crippen molar-refractivity contribution in [2.24, 2.45) is 13.0 Å². The molecule has 1 aromatic carbocycles. The molecule has 1 aliphatic heterocycles. The van der Waals surface area contributed by atoms with Crippen LogP contribution in [-0.4, -0.2) is 39.7 Å². The number of fused-ring (bicyclic) bond motifs is 4. The van der Waals surface area contributed by atoms with E-state index in [2.05, 4.69) is 27.5 Å². The fourth-order valence-electron chi connectivity index (χ4n) is 6.42. The van der Waals surface area contributed by atoms with Gasteiger partial charge in [0.15, 0.2) is 0 Å². The molecule has 2 N–H and O–H groups in total. The zero-order valence-corrected chi connectivity index (χ0v) is 21.5. The SMILES string of the molecule is CNC(O)C1=CCC2CCC2c2c1cc(N1CCCc3cc(-c4cnn(C)c4)c(C(F)F)cc31)nc2C. The number of benzene rings is 1. The molecule has 0 bridgehead atoms. The number of halogens is 2. The van der Waals surface area contributed by atoms with E-state index in [9.17, 15) is 13.9 Å². The highest BCUT2D eigenvalue weighted by Gasteiger charge is 2.38. The summed E-state index contributed by atoms with van der Waals surface area (Å²) in [5.41, 5.74) is 7.18. The molecule has 3 heterocycles. The highest BCUT2D eigenvalue weighted by Crippen LogP contribution is 2.51. The van der Waals surface area contributed by atoms with Gasteiger partial charge in [-0.2, -0.15) is 5.10 Å². The fraction of sp³-hybridized carbons (Fsp3) is 0.448. The molecule has 1 saturated carbocycles. The largest absolute Gasteiger partial charge is 0.374 e. The Morgan fingerprint density at radius 3 is 2.68 bits per heavy atom. The maximum absolute atomic E-state index is 14.3. The van der Waals surface area contributed by atoms with Gasteiger partial charge in [0.25, 0.3) is 6.43 Å². The number of pyridine rings is 1. The van der Waals surface area contributed by atoms with Gasteiger partial charge >= 0.3 is 0 Å². The van der Waals surface area contributed by atoms with Gasteiger partial charge in [-0.1, -0.05) is 6.08 Å². The summed E-state index contributed by atoms with van der Waals surface area (Å²) in [4.78, 5) is 7.12. The molecule has 0 saturated heterocycles. The third-order valence-corrected chi connectivity index (χ3v) is 8.44. The van der Waals surface area contributed by atoms with Crippen LogP contribution in [0.25, 0.3) is 16.7 Å². The third-order valence-electron chi connectivity index (χ3n) is 8.44. The number of aryl methyl sites for hydroxylation is 3. The molecule has 0 spiro atoms. The van der Waals surface area contributed by atoms with Crippen LogP contribution in [0.3, 0.4) is 0 Å². The van der Waals surface area contributed by atoms with Gasteiger partial charge in [0.2, 0.25) is 0 Å². The summed E-state index contributed by atoms with van der Waals surface area (Å²) in [7, 11) is 3.55. The van der Waals surface area contributed by atoms with Crippen molar-refractivity contribution in [3.63, 3.8) is 0 Å². The summed E-state index contributed by atoms with van der Waals surface area (Å²) in [5, 5.41) is 18.0. The maximum Gasteiger partial charge on any atom is 0.264 e.